The third-order valence-corrected chi connectivity index (χ3v) is 4.17. The van der Waals surface area contributed by atoms with Gasteiger partial charge in [0.05, 0.1) is 25.2 Å². The third kappa shape index (κ3) is 2.94. The summed E-state index contributed by atoms with van der Waals surface area (Å²) >= 11 is 0. The van der Waals surface area contributed by atoms with Crippen molar-refractivity contribution in [2.75, 3.05) is 11.9 Å². The second-order valence-corrected chi connectivity index (χ2v) is 5.98. The lowest BCUT2D eigenvalue weighted by Crippen LogP contribution is -2.16. The summed E-state index contributed by atoms with van der Waals surface area (Å²) in [5.74, 6) is -0.166. The Morgan fingerprint density at radius 3 is 3.12 bits per heavy atom. The number of nitrogens with one attached hydrogen (secondary N) is 2. The largest absolute Gasteiger partial charge is 0.458 e. The van der Waals surface area contributed by atoms with Gasteiger partial charge in [-0.15, -0.1) is 0 Å². The number of furan rings is 1. The quantitative estimate of drug-likeness (QED) is 0.765. The van der Waals surface area contributed by atoms with Crippen molar-refractivity contribution < 1.29 is 18.3 Å². The Balaban J connectivity index is 1.56. The molecule has 2 N–H and O–H groups in total. The average molecular weight is 341 g/mol. The Morgan fingerprint density at radius 2 is 2.24 bits per heavy atom. The predicted octanol–water partition coefficient (Wildman–Crippen LogP) is 3.44. The summed E-state index contributed by atoms with van der Waals surface area (Å²) in [5, 5.41) is 9.46. The van der Waals surface area contributed by atoms with E-state index in [2.05, 4.69) is 15.5 Å². The fraction of sp³-hybridized carbons (Fsp3) is 0.222. The highest BCUT2D eigenvalue weighted by Crippen LogP contribution is 2.26. The number of benzene rings is 1. The van der Waals surface area contributed by atoms with Gasteiger partial charge in [-0.2, -0.15) is 5.10 Å². The Hall–Kier alpha value is -2.93. The number of amides is 1. The van der Waals surface area contributed by atoms with Crippen LogP contribution in [-0.2, 0) is 17.8 Å². The highest BCUT2D eigenvalue weighted by molar-refractivity contribution is 6.03. The number of H-pyrrole nitrogens is 1. The Labute approximate surface area is 143 Å². The highest BCUT2D eigenvalue weighted by Gasteiger charge is 2.23. The number of hydrogen-bond acceptors (Lipinski definition) is 4. The molecule has 0 saturated carbocycles. The number of rotatable bonds is 3. The van der Waals surface area contributed by atoms with Crippen LogP contribution in [0.4, 0.5) is 10.2 Å². The molecule has 25 heavy (non-hydrogen) atoms. The van der Waals surface area contributed by atoms with Crippen molar-refractivity contribution in [3.05, 3.63) is 58.8 Å². The van der Waals surface area contributed by atoms with Gasteiger partial charge < -0.3 is 14.5 Å². The van der Waals surface area contributed by atoms with E-state index in [1.54, 1.807) is 24.5 Å². The minimum absolute atomic E-state index is 0.268. The molecule has 6 nitrogen and oxygen atoms in total. The number of halogens is 1. The lowest BCUT2D eigenvalue weighted by atomic mass is 10.1. The molecule has 7 heteroatoms. The molecule has 0 unspecified atom stereocenters. The first kappa shape index (κ1) is 15.6. The number of aromatic nitrogens is 2. The molecule has 0 radical (unpaired) electrons. The van der Waals surface area contributed by atoms with Crippen molar-refractivity contribution in [2.45, 2.75) is 20.0 Å². The number of ether oxygens (including phenoxy) is 1. The summed E-state index contributed by atoms with van der Waals surface area (Å²) < 4.78 is 24.7. The van der Waals surface area contributed by atoms with Crippen molar-refractivity contribution in [3.8, 4) is 11.3 Å². The van der Waals surface area contributed by atoms with Crippen LogP contribution < -0.4 is 5.32 Å². The minimum atomic E-state index is -0.383. The molecule has 3 heterocycles. The highest BCUT2D eigenvalue weighted by atomic mass is 19.1. The summed E-state index contributed by atoms with van der Waals surface area (Å²) in [7, 11) is 0. The minimum Gasteiger partial charge on any atom is -0.458 e. The molecule has 2 aromatic heterocycles. The van der Waals surface area contributed by atoms with Crippen LogP contribution in [0.3, 0.4) is 0 Å². The van der Waals surface area contributed by atoms with Gasteiger partial charge in [-0.05, 0) is 19.1 Å². The lowest BCUT2D eigenvalue weighted by molar-refractivity contribution is 0.0988. The summed E-state index contributed by atoms with van der Waals surface area (Å²) in [6.45, 7) is 2.89. The topological polar surface area (TPSA) is 80.2 Å². The van der Waals surface area contributed by atoms with Crippen molar-refractivity contribution in [2.24, 2.45) is 0 Å². The van der Waals surface area contributed by atoms with E-state index < -0.39 is 0 Å². The Bertz CT molecular complexity index is 945. The van der Waals surface area contributed by atoms with Crippen molar-refractivity contribution in [3.63, 3.8) is 0 Å². The van der Waals surface area contributed by atoms with E-state index in [-0.39, 0.29) is 17.5 Å². The molecule has 1 aromatic carbocycles. The molecule has 0 fully saturated rings. The zero-order chi connectivity index (χ0) is 17.4. The molecule has 0 bridgehead atoms. The summed E-state index contributed by atoms with van der Waals surface area (Å²) in [6.07, 6.45) is 2.18. The number of carbonyl (C=O) groups is 1. The van der Waals surface area contributed by atoms with E-state index >= 15 is 0 Å². The number of anilines is 1. The molecule has 1 amide bonds. The van der Waals surface area contributed by atoms with Crippen molar-refractivity contribution >= 4 is 11.7 Å². The molecule has 0 saturated heterocycles. The van der Waals surface area contributed by atoms with Crippen molar-refractivity contribution in [1.29, 1.82) is 0 Å². The lowest BCUT2D eigenvalue weighted by Gasteiger charge is -2.11. The predicted molar refractivity (Wildman–Crippen MR) is 88.7 cm³/mol. The van der Waals surface area contributed by atoms with E-state index in [1.165, 1.54) is 6.07 Å². The molecule has 128 valence electrons. The maximum Gasteiger partial charge on any atom is 0.292 e. The molecule has 0 atom stereocenters. The second-order valence-electron chi connectivity index (χ2n) is 5.98. The molecule has 1 aliphatic rings. The molecule has 0 spiro atoms. The van der Waals surface area contributed by atoms with Gasteiger partial charge in [0.25, 0.3) is 5.91 Å². The van der Waals surface area contributed by atoms with Gasteiger partial charge in [0.1, 0.15) is 5.82 Å². The normalized spacial score (nSPS) is 13.5. The monoisotopic (exact) mass is 341 g/mol. The molecule has 4 rings (SSSR count). The van der Waals surface area contributed by atoms with Gasteiger partial charge in [-0.25, -0.2) is 4.39 Å². The standard InChI is InChI=1S/C18H16FN3O3/c1-10-2-3-14(19)13(6-10)15-7-16(22-21-15)20-18(23)17-12-4-5-24-8-11(12)9-25-17/h2-3,6-7,9H,4-5,8H2,1H3,(H2,20,21,22,23). The first-order valence-corrected chi connectivity index (χ1v) is 7.92. The van der Waals surface area contributed by atoms with Gasteiger partial charge in [0, 0.05) is 29.2 Å². The second kappa shape index (κ2) is 6.18. The zero-order valence-corrected chi connectivity index (χ0v) is 13.6. The van der Waals surface area contributed by atoms with Gasteiger partial charge in [-0.3, -0.25) is 9.89 Å². The SMILES string of the molecule is Cc1ccc(F)c(-c2cc(NC(=O)c3occ4c3CCOC4)n[nH]2)c1. The van der Waals surface area contributed by atoms with Crippen LogP contribution in [0.2, 0.25) is 0 Å². The van der Waals surface area contributed by atoms with Crippen LogP contribution in [0.1, 0.15) is 27.2 Å². The van der Waals surface area contributed by atoms with E-state index in [4.69, 9.17) is 9.15 Å². The smallest absolute Gasteiger partial charge is 0.292 e. The number of nitrogens with zero attached hydrogens (tertiary/aromatic N) is 1. The first-order valence-electron chi connectivity index (χ1n) is 7.92. The number of aryl methyl sites for hydroxylation is 1. The molecule has 0 aliphatic carbocycles. The number of hydrogen-bond donors (Lipinski definition) is 2. The fourth-order valence-electron chi connectivity index (χ4n) is 2.90. The van der Waals surface area contributed by atoms with Crippen LogP contribution in [0, 0.1) is 12.7 Å². The van der Waals surface area contributed by atoms with Crippen LogP contribution >= 0.6 is 0 Å². The maximum atomic E-state index is 14.0. The number of fused-ring (bicyclic) bond motifs is 1. The van der Waals surface area contributed by atoms with E-state index in [9.17, 15) is 9.18 Å². The number of aromatic amines is 1. The molecular weight excluding hydrogens is 325 g/mol. The van der Waals surface area contributed by atoms with Gasteiger partial charge in [-0.1, -0.05) is 11.6 Å². The van der Waals surface area contributed by atoms with E-state index in [1.807, 2.05) is 6.92 Å². The van der Waals surface area contributed by atoms with Gasteiger partial charge in [0.2, 0.25) is 0 Å². The van der Waals surface area contributed by atoms with Gasteiger partial charge in [0.15, 0.2) is 11.6 Å². The Kier molecular flexibility index (Phi) is 3.85. The van der Waals surface area contributed by atoms with Crippen molar-refractivity contribution in [1.82, 2.24) is 10.2 Å². The summed E-state index contributed by atoms with van der Waals surface area (Å²) in [6, 6.07) is 6.41. The summed E-state index contributed by atoms with van der Waals surface area (Å²) in [4.78, 5) is 12.4. The first-order chi connectivity index (χ1) is 12.1. The third-order valence-electron chi connectivity index (χ3n) is 4.17. The van der Waals surface area contributed by atoms with E-state index in [0.29, 0.717) is 36.7 Å². The zero-order valence-electron chi connectivity index (χ0n) is 13.6. The average Bonchev–Trinajstić information content (AvgIpc) is 3.24. The van der Waals surface area contributed by atoms with Crippen LogP contribution in [0.5, 0.6) is 0 Å². The number of carbonyl (C=O) groups excluding carboxylic acids is 1. The van der Waals surface area contributed by atoms with Gasteiger partial charge >= 0.3 is 0 Å². The van der Waals surface area contributed by atoms with Crippen LogP contribution in [0.15, 0.2) is 34.9 Å². The molecule has 1 aliphatic heterocycles. The molecular formula is C18H16FN3O3. The van der Waals surface area contributed by atoms with E-state index in [0.717, 1.165) is 16.7 Å². The summed E-state index contributed by atoms with van der Waals surface area (Å²) in [5.41, 5.74) is 3.58. The van der Waals surface area contributed by atoms with Crippen LogP contribution in [0.25, 0.3) is 11.3 Å². The fourth-order valence-corrected chi connectivity index (χ4v) is 2.90. The van der Waals surface area contributed by atoms with Crippen LogP contribution in [-0.4, -0.2) is 22.7 Å². The maximum absolute atomic E-state index is 14.0. The Morgan fingerprint density at radius 1 is 1.36 bits per heavy atom. The molecule has 3 aromatic rings.